The van der Waals surface area contributed by atoms with Gasteiger partial charge >= 0.3 is 27.7 Å². The zero-order valence-corrected chi connectivity index (χ0v) is 19.6. The van der Waals surface area contributed by atoms with Crippen molar-refractivity contribution < 1.29 is 37.6 Å². The minimum atomic E-state index is -0.914. The predicted octanol–water partition coefficient (Wildman–Crippen LogP) is 4.77. The average molecular weight is 482 g/mol. The van der Waals surface area contributed by atoms with Crippen LogP contribution in [0.3, 0.4) is 0 Å². The second-order valence-corrected chi connectivity index (χ2v) is 5.71. The molecule has 0 aromatic rings. The van der Waals surface area contributed by atoms with Crippen molar-refractivity contribution in [2.24, 2.45) is 0 Å². The molecule has 0 fully saturated rings. The van der Waals surface area contributed by atoms with Crippen LogP contribution in [-0.2, 0) is 32.5 Å². The first-order valence-electron chi connectivity index (χ1n) is 8.62. The number of carboxylic acids is 1. The van der Waals surface area contributed by atoms with Crippen LogP contribution in [0.15, 0.2) is 12.2 Å². The number of carboxylic acid groups (broad SMARTS) is 1. The summed E-state index contributed by atoms with van der Waals surface area (Å²) in [6, 6.07) is 0. The molecule has 0 atom stereocenters. The molecule has 0 aliphatic carbocycles. The third-order valence-electron chi connectivity index (χ3n) is 3.64. The molecule has 0 rings (SSSR count). The van der Waals surface area contributed by atoms with E-state index in [1.54, 1.807) is 0 Å². The SMILES string of the molecule is CCCCCCCCC=CCCCCCCCC(=O)[O-].[Hg+]. The maximum absolute atomic E-state index is 10.2. The Kier molecular flexibility index (Phi) is 22.5. The summed E-state index contributed by atoms with van der Waals surface area (Å²) in [6.45, 7) is 2.26. The van der Waals surface area contributed by atoms with E-state index in [9.17, 15) is 9.90 Å². The number of carbonyl (C=O) groups excluding carboxylic acids is 1. The first-order chi connectivity index (χ1) is 9.77. The Hall–Kier alpha value is 0.145. The topological polar surface area (TPSA) is 40.1 Å². The van der Waals surface area contributed by atoms with E-state index >= 15 is 0 Å². The Labute approximate surface area is 152 Å². The number of hydrogen-bond donors (Lipinski definition) is 0. The number of aliphatic carboxylic acids is 1. The fourth-order valence-electron chi connectivity index (χ4n) is 2.34. The fourth-order valence-corrected chi connectivity index (χ4v) is 2.34. The van der Waals surface area contributed by atoms with E-state index in [1.807, 2.05) is 0 Å². The third-order valence-corrected chi connectivity index (χ3v) is 3.64. The summed E-state index contributed by atoms with van der Waals surface area (Å²) in [5, 5.41) is 10.2. The van der Waals surface area contributed by atoms with Gasteiger partial charge in [0.15, 0.2) is 0 Å². The van der Waals surface area contributed by atoms with Gasteiger partial charge in [0.05, 0.1) is 0 Å². The molecule has 0 saturated carbocycles. The van der Waals surface area contributed by atoms with Crippen LogP contribution < -0.4 is 5.11 Å². The molecule has 119 valence electrons. The normalized spacial score (nSPS) is 10.7. The maximum Gasteiger partial charge on any atom is 1.00 e. The molecule has 0 saturated heterocycles. The van der Waals surface area contributed by atoms with Crippen molar-refractivity contribution in [1.82, 2.24) is 0 Å². The zero-order chi connectivity index (χ0) is 14.9. The monoisotopic (exact) mass is 483 g/mol. The van der Waals surface area contributed by atoms with Crippen LogP contribution in [-0.4, -0.2) is 5.97 Å². The molecule has 0 aliphatic heterocycles. The quantitative estimate of drug-likeness (QED) is 0.192. The van der Waals surface area contributed by atoms with Gasteiger partial charge in [0.1, 0.15) is 0 Å². The molecule has 0 unspecified atom stereocenters. The summed E-state index contributed by atoms with van der Waals surface area (Å²) >= 11 is 0. The number of unbranched alkanes of at least 4 members (excludes halogenated alkanes) is 11. The van der Waals surface area contributed by atoms with Gasteiger partial charge in [-0.2, -0.15) is 0 Å². The molecule has 0 heterocycles. The summed E-state index contributed by atoms with van der Waals surface area (Å²) in [6.07, 6.45) is 20.9. The number of rotatable bonds is 15. The summed E-state index contributed by atoms with van der Waals surface area (Å²) in [5.41, 5.74) is 0. The van der Waals surface area contributed by atoms with E-state index in [-0.39, 0.29) is 34.1 Å². The minimum absolute atomic E-state index is 0. The predicted molar refractivity (Wildman–Crippen MR) is 84.5 cm³/mol. The summed E-state index contributed by atoms with van der Waals surface area (Å²) in [4.78, 5) is 10.2. The zero-order valence-electron chi connectivity index (χ0n) is 14.1. The summed E-state index contributed by atoms with van der Waals surface area (Å²) < 4.78 is 0. The Bertz CT molecular complexity index is 239. The smallest absolute Gasteiger partial charge is 0.550 e. The summed E-state index contributed by atoms with van der Waals surface area (Å²) in [7, 11) is 0. The largest absolute Gasteiger partial charge is 1.00 e. The van der Waals surface area contributed by atoms with Gasteiger partial charge in [-0.3, -0.25) is 0 Å². The Morgan fingerprint density at radius 1 is 0.762 bits per heavy atom. The Morgan fingerprint density at radius 2 is 1.19 bits per heavy atom. The van der Waals surface area contributed by atoms with Gasteiger partial charge in [-0.05, 0) is 38.5 Å². The molecule has 0 N–H and O–H groups in total. The van der Waals surface area contributed by atoms with Crippen LogP contribution in [0.4, 0.5) is 0 Å². The van der Waals surface area contributed by atoms with Crippen molar-refractivity contribution in [2.45, 2.75) is 96.8 Å². The van der Waals surface area contributed by atoms with Gasteiger partial charge in [-0.25, -0.2) is 0 Å². The third kappa shape index (κ3) is 22.6. The van der Waals surface area contributed by atoms with Crippen molar-refractivity contribution in [3.8, 4) is 0 Å². The molecule has 0 aliphatic rings. The van der Waals surface area contributed by atoms with Crippen LogP contribution >= 0.6 is 0 Å². The molecule has 3 heteroatoms. The molecule has 0 spiro atoms. The van der Waals surface area contributed by atoms with E-state index in [1.165, 1.54) is 64.2 Å². The van der Waals surface area contributed by atoms with Crippen LogP contribution in [0, 0.1) is 0 Å². The average Bonchev–Trinajstić information content (AvgIpc) is 2.43. The first-order valence-corrected chi connectivity index (χ1v) is 8.62. The molecule has 0 amide bonds. The van der Waals surface area contributed by atoms with Gasteiger partial charge < -0.3 is 9.90 Å². The van der Waals surface area contributed by atoms with Crippen molar-refractivity contribution >= 4 is 5.97 Å². The maximum atomic E-state index is 10.2. The molecule has 0 aromatic heterocycles. The van der Waals surface area contributed by atoms with Crippen molar-refractivity contribution in [2.75, 3.05) is 0 Å². The van der Waals surface area contributed by atoms with Gasteiger partial charge in [0.25, 0.3) is 0 Å². The van der Waals surface area contributed by atoms with Gasteiger partial charge in [0, 0.05) is 5.97 Å². The molecule has 2 nitrogen and oxygen atoms in total. The van der Waals surface area contributed by atoms with E-state index in [0.717, 1.165) is 19.3 Å². The van der Waals surface area contributed by atoms with E-state index in [2.05, 4.69) is 19.1 Å². The second kappa shape index (κ2) is 20.1. The second-order valence-electron chi connectivity index (χ2n) is 5.71. The molecular weight excluding hydrogens is 449 g/mol. The van der Waals surface area contributed by atoms with Crippen molar-refractivity contribution in [3.05, 3.63) is 12.2 Å². The molecular formula is C18H33HgO2. The van der Waals surface area contributed by atoms with Crippen LogP contribution in [0.1, 0.15) is 96.8 Å². The first kappa shape index (κ1) is 23.4. The number of hydrogen-bond acceptors (Lipinski definition) is 2. The van der Waals surface area contributed by atoms with Crippen LogP contribution in [0.2, 0.25) is 0 Å². The standard InChI is InChI=1S/C18H34O2.Hg/c1-2-3-4-5-6-7-8-9-10-11-12-13-14-15-16-17-18(19)20;/h9-10H,2-8,11-17H2,1H3,(H,19,20);/q;+1/p-1. The van der Waals surface area contributed by atoms with Crippen molar-refractivity contribution in [1.29, 1.82) is 0 Å². The number of carbonyl (C=O) groups is 1. The van der Waals surface area contributed by atoms with E-state index in [0.29, 0.717) is 0 Å². The number of allylic oxidation sites excluding steroid dienone is 2. The van der Waals surface area contributed by atoms with Gasteiger partial charge in [-0.1, -0.05) is 70.4 Å². The van der Waals surface area contributed by atoms with Crippen molar-refractivity contribution in [3.63, 3.8) is 0 Å². The molecule has 0 bridgehead atoms. The minimum Gasteiger partial charge on any atom is -0.550 e. The van der Waals surface area contributed by atoms with Gasteiger partial charge in [0.2, 0.25) is 0 Å². The summed E-state index contributed by atoms with van der Waals surface area (Å²) in [5.74, 6) is -0.914. The van der Waals surface area contributed by atoms with Crippen LogP contribution in [0.5, 0.6) is 0 Å². The molecule has 1 radical (unpaired) electrons. The van der Waals surface area contributed by atoms with E-state index < -0.39 is 5.97 Å². The van der Waals surface area contributed by atoms with E-state index in [4.69, 9.17) is 0 Å². The van der Waals surface area contributed by atoms with Gasteiger partial charge in [-0.15, -0.1) is 0 Å². The molecule has 21 heavy (non-hydrogen) atoms. The Morgan fingerprint density at radius 3 is 1.67 bits per heavy atom. The Balaban J connectivity index is 0. The fraction of sp³-hybridized carbons (Fsp3) is 0.833. The molecule has 0 aromatic carbocycles. The van der Waals surface area contributed by atoms with Crippen LogP contribution in [0.25, 0.3) is 0 Å².